The van der Waals surface area contributed by atoms with Crippen LogP contribution in [0.25, 0.3) is 0 Å². The van der Waals surface area contributed by atoms with Crippen molar-refractivity contribution in [3.05, 3.63) is 76.6 Å². The predicted molar refractivity (Wildman–Crippen MR) is 147 cm³/mol. The van der Waals surface area contributed by atoms with E-state index in [0.29, 0.717) is 35.7 Å². The summed E-state index contributed by atoms with van der Waals surface area (Å²) in [6.45, 7) is 10.6. The minimum Gasteiger partial charge on any atom is -0.481 e. The van der Waals surface area contributed by atoms with Crippen LogP contribution in [0.5, 0.6) is 0 Å². The van der Waals surface area contributed by atoms with Gasteiger partial charge in [0.25, 0.3) is 0 Å². The summed E-state index contributed by atoms with van der Waals surface area (Å²) in [4.78, 5) is 12.6. The van der Waals surface area contributed by atoms with Crippen LogP contribution in [0, 0.1) is 18.3 Å². The third-order valence-corrected chi connectivity index (χ3v) is 9.59. The van der Waals surface area contributed by atoms with Crippen LogP contribution in [0.1, 0.15) is 68.2 Å². The fourth-order valence-corrected chi connectivity index (χ4v) is 6.75. The lowest BCUT2D eigenvalue weighted by Crippen LogP contribution is -2.34. The van der Waals surface area contributed by atoms with E-state index < -0.39 is 27.5 Å². The number of aryl methyl sites for hydroxylation is 2. The monoisotopic (exact) mass is 554 g/mol. The van der Waals surface area contributed by atoms with Crippen LogP contribution in [-0.2, 0) is 45.7 Å². The van der Waals surface area contributed by atoms with Crippen LogP contribution in [0.15, 0.2) is 53.6 Å². The highest BCUT2D eigenvalue weighted by molar-refractivity contribution is 7.89. The number of carbonyl (C=O) groups is 1. The zero-order chi connectivity index (χ0) is 28.4. The minimum absolute atomic E-state index is 0.0973. The number of sulfonamides is 1. The predicted octanol–water partition coefficient (Wildman–Crippen LogP) is 4.75. The molecular formula is C29H38N4O5S. The quantitative estimate of drug-likeness (QED) is 0.385. The Bertz CT molecular complexity index is 1430. The molecule has 0 bridgehead atoms. The third-order valence-electron chi connectivity index (χ3n) is 7.68. The van der Waals surface area contributed by atoms with E-state index in [0.717, 1.165) is 23.1 Å². The van der Waals surface area contributed by atoms with Crippen molar-refractivity contribution in [3.8, 4) is 0 Å². The van der Waals surface area contributed by atoms with E-state index in [1.807, 2.05) is 44.2 Å². The summed E-state index contributed by atoms with van der Waals surface area (Å²) in [6, 6.07) is 12.9. The fraction of sp³-hybridized carbons (Fsp3) is 0.483. The molecule has 2 heterocycles. The molecular weight excluding hydrogens is 516 g/mol. The van der Waals surface area contributed by atoms with Gasteiger partial charge in [-0.2, -0.15) is 4.31 Å². The molecule has 10 heteroatoms. The zero-order valence-corrected chi connectivity index (χ0v) is 24.1. The molecule has 4 rings (SSSR count). The SMILES string of the molecule is CC[C@H]1Cc2ccccc2S(=O)(=O)N(Cc2cc(C(OCc3cn(CC)nn3)C(C)(C)C(=O)O)ccc2C)C1. The van der Waals surface area contributed by atoms with Gasteiger partial charge >= 0.3 is 5.97 Å². The largest absolute Gasteiger partial charge is 0.481 e. The molecule has 2 aromatic carbocycles. The Labute approximate surface area is 230 Å². The molecule has 3 aromatic rings. The summed E-state index contributed by atoms with van der Waals surface area (Å²) < 4.78 is 37.0. The Kier molecular flexibility index (Phi) is 8.58. The van der Waals surface area contributed by atoms with Gasteiger partial charge in [-0.25, -0.2) is 8.42 Å². The first-order chi connectivity index (χ1) is 18.5. The lowest BCUT2D eigenvalue weighted by atomic mass is 9.81. The molecule has 9 nitrogen and oxygen atoms in total. The van der Waals surface area contributed by atoms with Crippen LogP contribution >= 0.6 is 0 Å². The van der Waals surface area contributed by atoms with E-state index in [4.69, 9.17) is 4.74 Å². The van der Waals surface area contributed by atoms with Gasteiger partial charge in [0, 0.05) is 19.6 Å². The van der Waals surface area contributed by atoms with E-state index in [9.17, 15) is 18.3 Å². The minimum atomic E-state index is -3.71. The standard InChI is InChI=1S/C29H38N4O5S/c1-6-21-14-22-10-8-9-11-26(22)39(36,37)33(16-21)17-24-15-23(13-12-20(24)3)27(29(4,5)28(34)35)38-19-25-18-32(7-2)31-30-25/h8-13,15,18,21,27H,6-7,14,16-17,19H2,1-5H3,(H,34,35)/t21-,27?/m0/s1. The van der Waals surface area contributed by atoms with Gasteiger partial charge in [-0.15, -0.1) is 5.10 Å². The number of carboxylic acids is 1. The van der Waals surface area contributed by atoms with Crippen molar-refractivity contribution in [2.24, 2.45) is 11.3 Å². The molecule has 1 aliphatic heterocycles. The summed E-state index contributed by atoms with van der Waals surface area (Å²) in [6.07, 6.45) is 2.56. The second-order valence-electron chi connectivity index (χ2n) is 10.9. The van der Waals surface area contributed by atoms with Crippen molar-refractivity contribution in [1.82, 2.24) is 19.3 Å². The maximum absolute atomic E-state index is 13.8. The molecule has 0 amide bonds. The van der Waals surface area contributed by atoms with Crippen molar-refractivity contribution < 1.29 is 23.1 Å². The average Bonchev–Trinajstić information content (AvgIpc) is 3.33. The molecule has 0 radical (unpaired) electrons. The van der Waals surface area contributed by atoms with Crippen LogP contribution in [-0.4, -0.2) is 45.3 Å². The van der Waals surface area contributed by atoms with E-state index in [1.165, 1.54) is 0 Å². The maximum Gasteiger partial charge on any atom is 0.312 e. The van der Waals surface area contributed by atoms with Crippen LogP contribution < -0.4 is 0 Å². The summed E-state index contributed by atoms with van der Waals surface area (Å²) in [5.41, 5.74) is 2.62. The van der Waals surface area contributed by atoms with Crippen molar-refractivity contribution in [1.29, 1.82) is 0 Å². The fourth-order valence-electron chi connectivity index (χ4n) is 5.02. The Morgan fingerprint density at radius 3 is 2.62 bits per heavy atom. The molecule has 1 aromatic heterocycles. The average molecular weight is 555 g/mol. The molecule has 0 spiro atoms. The van der Waals surface area contributed by atoms with Gasteiger partial charge in [0.2, 0.25) is 10.0 Å². The van der Waals surface area contributed by atoms with Gasteiger partial charge in [0.1, 0.15) is 5.69 Å². The van der Waals surface area contributed by atoms with Crippen LogP contribution in [0.2, 0.25) is 0 Å². The number of hydrogen-bond donors (Lipinski definition) is 1. The van der Waals surface area contributed by atoms with E-state index in [1.54, 1.807) is 41.2 Å². The Hall–Kier alpha value is -3.08. The highest BCUT2D eigenvalue weighted by atomic mass is 32.2. The Morgan fingerprint density at radius 1 is 1.21 bits per heavy atom. The number of rotatable bonds is 10. The van der Waals surface area contributed by atoms with Crippen LogP contribution in [0.3, 0.4) is 0 Å². The molecule has 0 saturated carbocycles. The molecule has 0 aliphatic carbocycles. The molecule has 39 heavy (non-hydrogen) atoms. The normalized spacial score (nSPS) is 18.3. The van der Waals surface area contributed by atoms with Crippen LogP contribution in [0.4, 0.5) is 0 Å². The summed E-state index contributed by atoms with van der Waals surface area (Å²) in [5.74, 6) is -0.796. The molecule has 1 unspecified atom stereocenters. The molecule has 210 valence electrons. The van der Waals surface area contributed by atoms with E-state index >= 15 is 0 Å². The highest BCUT2D eigenvalue weighted by Gasteiger charge is 2.40. The van der Waals surface area contributed by atoms with Crippen molar-refractivity contribution in [3.63, 3.8) is 0 Å². The summed E-state index contributed by atoms with van der Waals surface area (Å²) in [7, 11) is -3.71. The first kappa shape index (κ1) is 28.9. The lowest BCUT2D eigenvalue weighted by molar-refractivity contribution is -0.158. The Balaban J connectivity index is 1.68. The van der Waals surface area contributed by atoms with Gasteiger partial charge in [-0.1, -0.05) is 55.0 Å². The Morgan fingerprint density at radius 2 is 1.95 bits per heavy atom. The number of aromatic nitrogens is 3. The summed E-state index contributed by atoms with van der Waals surface area (Å²) in [5, 5.41) is 18.2. The highest BCUT2D eigenvalue weighted by Crippen LogP contribution is 2.39. The second kappa shape index (κ2) is 11.6. The molecule has 1 N–H and O–H groups in total. The smallest absolute Gasteiger partial charge is 0.312 e. The maximum atomic E-state index is 13.8. The molecule has 1 aliphatic rings. The van der Waals surface area contributed by atoms with E-state index in [-0.39, 0.29) is 19.1 Å². The summed E-state index contributed by atoms with van der Waals surface area (Å²) >= 11 is 0. The van der Waals surface area contributed by atoms with Gasteiger partial charge in [-0.3, -0.25) is 9.48 Å². The number of benzene rings is 2. The number of fused-ring (bicyclic) bond motifs is 1. The lowest BCUT2D eigenvalue weighted by Gasteiger charge is -2.31. The number of aliphatic carboxylic acids is 1. The topological polar surface area (TPSA) is 115 Å². The number of carboxylic acid groups (broad SMARTS) is 1. The molecule has 2 atom stereocenters. The third kappa shape index (κ3) is 6.08. The van der Waals surface area contributed by atoms with Gasteiger partial charge in [0.05, 0.1) is 29.2 Å². The second-order valence-corrected chi connectivity index (χ2v) is 12.8. The van der Waals surface area contributed by atoms with Crippen molar-refractivity contribution in [2.75, 3.05) is 6.54 Å². The zero-order valence-electron chi connectivity index (χ0n) is 23.3. The number of hydrogen-bond acceptors (Lipinski definition) is 6. The van der Waals surface area contributed by atoms with Gasteiger partial charge in [-0.05, 0) is 68.4 Å². The van der Waals surface area contributed by atoms with Gasteiger partial charge < -0.3 is 9.84 Å². The number of nitrogens with zero attached hydrogens (tertiary/aromatic N) is 4. The van der Waals surface area contributed by atoms with E-state index in [2.05, 4.69) is 17.2 Å². The van der Waals surface area contributed by atoms with Crippen molar-refractivity contribution in [2.45, 2.75) is 78.2 Å². The first-order valence-corrected chi connectivity index (χ1v) is 14.8. The molecule has 0 fully saturated rings. The van der Waals surface area contributed by atoms with Gasteiger partial charge in [0.15, 0.2) is 0 Å². The van der Waals surface area contributed by atoms with Crippen molar-refractivity contribution >= 4 is 16.0 Å². The number of ether oxygens (including phenoxy) is 1. The first-order valence-electron chi connectivity index (χ1n) is 13.4. The molecule has 0 saturated heterocycles.